The maximum absolute atomic E-state index is 15.5. The topological polar surface area (TPSA) is 294 Å². The molecule has 6 N–H and O–H groups in total. The first-order valence-electron chi connectivity index (χ1n) is 25.7. The van der Waals surface area contributed by atoms with E-state index in [1.807, 2.05) is 0 Å². The van der Waals surface area contributed by atoms with Crippen molar-refractivity contribution in [2.24, 2.45) is 0 Å². The number of β-lactam (4-membered cyclic amide) rings is 1. The highest BCUT2D eigenvalue weighted by Gasteiger charge is 2.48. The largest absolute Gasteiger partial charge is 0.458 e. The summed E-state index contributed by atoms with van der Waals surface area (Å²) in [6.07, 6.45) is 4.50. The number of fused-ring (bicyclic) bond motifs is 5. The molecule has 22 nitrogen and oxygen atoms in total. The molecule has 0 spiro atoms. The van der Waals surface area contributed by atoms with Crippen LogP contribution in [0.2, 0.25) is 0 Å². The Hall–Kier alpha value is -8.18. The van der Waals surface area contributed by atoms with Gasteiger partial charge in [-0.3, -0.25) is 48.1 Å². The van der Waals surface area contributed by atoms with Crippen molar-refractivity contribution in [1.82, 2.24) is 45.9 Å². The number of carbonyl (C=O) groups is 9. The minimum absolute atomic E-state index is 0.0253. The number of hydrogen-bond donors (Lipinski definition) is 6. The third-order valence-electron chi connectivity index (χ3n) is 14.7. The second kappa shape index (κ2) is 22.6. The minimum atomic E-state index is -2.04. The zero-order valence-corrected chi connectivity index (χ0v) is 42.5. The number of cyclic esters (lactones) is 1. The van der Waals surface area contributed by atoms with E-state index in [1.54, 1.807) is 55.1 Å². The number of halogens is 1. The fourth-order valence-electron chi connectivity index (χ4n) is 10.7. The molecule has 23 heteroatoms. The molecule has 77 heavy (non-hydrogen) atoms. The predicted molar refractivity (Wildman–Crippen MR) is 270 cm³/mol. The van der Waals surface area contributed by atoms with E-state index < -0.39 is 90.3 Å². The lowest BCUT2D eigenvalue weighted by Crippen LogP contribution is -2.59. The third kappa shape index (κ3) is 10.9. The second-order valence-corrected chi connectivity index (χ2v) is 19.7. The summed E-state index contributed by atoms with van der Waals surface area (Å²) >= 11 is 0. The molecular formula is C54H58FN9O13. The number of aromatic nitrogens is 2. The predicted octanol–water partition coefficient (Wildman–Crippen LogP) is 0.767. The van der Waals surface area contributed by atoms with Crippen LogP contribution < -0.4 is 32.1 Å². The van der Waals surface area contributed by atoms with Crippen molar-refractivity contribution in [3.05, 3.63) is 110 Å². The monoisotopic (exact) mass is 1060 g/mol. The number of hydrogen-bond acceptors (Lipinski definition) is 14. The molecule has 0 bridgehead atoms. The SMILES string of the molecule is CCC[C@@]1(O)C(=O)OCc2c1cc1n(c2=O)Cc2c-1nc1cc(F)c(C)c3c1c2[C@@H](N1CC(OCNC(=O)CNC(=O)[C@H](Cc2ccccc2)NC(=O)CNC(=O)CNC(=O)CCCCCN2C(=O)C=CC2=O)C1=O)CC3. The molecule has 4 aromatic rings. The number of likely N-dealkylation sites (tertiary alicyclic amines) is 1. The Morgan fingerprint density at radius 1 is 0.883 bits per heavy atom. The summed E-state index contributed by atoms with van der Waals surface area (Å²) in [6, 6.07) is 10.1. The summed E-state index contributed by atoms with van der Waals surface area (Å²) in [6.45, 7) is 1.83. The fraction of sp³-hybridized carbons (Fsp3) is 0.426. The van der Waals surface area contributed by atoms with Crippen molar-refractivity contribution in [2.75, 3.05) is 39.5 Å². The van der Waals surface area contributed by atoms with Gasteiger partial charge in [-0.05, 0) is 67.3 Å². The van der Waals surface area contributed by atoms with Crippen molar-refractivity contribution >= 4 is 64.1 Å². The first-order chi connectivity index (χ1) is 37.0. The standard InChI is InChI=1S/C54H58FN9O13/c1-3-17-54(75)34-20-39-49-32(25-63(39)51(72)33(34)27-76-53(54)74)48-38(14-13-31-29(2)35(55)21-36(61-49)47(31)48)64-26-40(52(64)73)77-28-59-43(67)23-58-50(71)37(19-30-10-6-4-7-11-30)60-44(68)24-57-42(66)22-56-41(65)12-8-5-9-18-62-45(69)15-16-46(62)70/h4,6-7,10-11,15-16,20-21,37-38,40,75H,3,5,8-9,12-14,17-19,22-28H2,1-2H3,(H,56,65)(H,57,66)(H,58,71)(H,59,67)(H,60,68)/t37-,38-,40?,54-/m0/s1. The van der Waals surface area contributed by atoms with E-state index in [9.17, 15) is 53.1 Å². The Balaban J connectivity index is 0.762. The van der Waals surface area contributed by atoms with Crippen LogP contribution in [0, 0.1) is 12.7 Å². The van der Waals surface area contributed by atoms with Gasteiger partial charge in [0, 0.05) is 54.1 Å². The van der Waals surface area contributed by atoms with Gasteiger partial charge in [-0.15, -0.1) is 0 Å². The fourth-order valence-corrected chi connectivity index (χ4v) is 10.7. The van der Waals surface area contributed by atoms with E-state index in [-0.39, 0.29) is 81.1 Å². The maximum Gasteiger partial charge on any atom is 0.343 e. The Kier molecular flexibility index (Phi) is 15.7. The molecule has 404 valence electrons. The number of pyridine rings is 2. The van der Waals surface area contributed by atoms with Gasteiger partial charge in [0.1, 0.15) is 25.2 Å². The van der Waals surface area contributed by atoms with Gasteiger partial charge in [-0.25, -0.2) is 14.2 Å². The Bertz CT molecular complexity index is 3200. The molecule has 8 amide bonds. The van der Waals surface area contributed by atoms with Crippen LogP contribution in [0.25, 0.3) is 22.3 Å². The second-order valence-electron chi connectivity index (χ2n) is 19.7. The summed E-state index contributed by atoms with van der Waals surface area (Å²) in [7, 11) is 0. The number of nitrogens with zero attached hydrogens (tertiary/aromatic N) is 4. The molecule has 0 saturated carbocycles. The first-order valence-corrected chi connectivity index (χ1v) is 25.7. The van der Waals surface area contributed by atoms with E-state index in [0.29, 0.717) is 77.5 Å². The van der Waals surface area contributed by atoms with Crippen LogP contribution in [0.5, 0.6) is 0 Å². The summed E-state index contributed by atoms with van der Waals surface area (Å²) in [5.41, 5.74) is 2.19. The zero-order chi connectivity index (χ0) is 54.7. The minimum Gasteiger partial charge on any atom is -0.458 e. The molecule has 1 aliphatic carbocycles. The normalized spacial score (nSPS) is 19.2. The molecule has 2 aromatic carbocycles. The number of aliphatic hydroxyl groups is 1. The molecular weight excluding hydrogens is 1000 g/mol. The average molecular weight is 1060 g/mol. The molecule has 9 rings (SSSR count). The maximum atomic E-state index is 15.5. The van der Waals surface area contributed by atoms with Gasteiger partial charge in [0.05, 0.1) is 61.2 Å². The Morgan fingerprint density at radius 2 is 1.60 bits per heavy atom. The highest BCUT2D eigenvalue weighted by molar-refractivity contribution is 6.12. The van der Waals surface area contributed by atoms with E-state index in [1.165, 1.54) is 22.8 Å². The summed E-state index contributed by atoms with van der Waals surface area (Å²) in [4.78, 5) is 136. The number of rotatable bonds is 22. The van der Waals surface area contributed by atoms with Gasteiger partial charge in [-0.2, -0.15) is 0 Å². The van der Waals surface area contributed by atoms with Crippen LogP contribution >= 0.6 is 0 Å². The molecule has 0 radical (unpaired) electrons. The molecule has 1 fully saturated rings. The van der Waals surface area contributed by atoms with E-state index in [4.69, 9.17) is 14.5 Å². The van der Waals surface area contributed by atoms with Crippen molar-refractivity contribution in [2.45, 2.75) is 109 Å². The number of imide groups is 1. The molecule has 1 saturated heterocycles. The number of esters is 1. The van der Waals surface area contributed by atoms with Crippen LogP contribution in [-0.4, -0.2) is 129 Å². The molecule has 2 aromatic heterocycles. The summed E-state index contributed by atoms with van der Waals surface area (Å²) in [5.74, 6) is -5.52. The molecule has 5 aliphatic rings. The molecule has 4 atom stereocenters. The Morgan fingerprint density at radius 3 is 2.34 bits per heavy atom. The van der Waals surface area contributed by atoms with Gasteiger partial charge in [0.2, 0.25) is 29.5 Å². The van der Waals surface area contributed by atoms with Crippen molar-refractivity contribution in [3.8, 4) is 11.4 Å². The number of aryl methyl sites for hydroxylation is 1. The van der Waals surface area contributed by atoms with Crippen molar-refractivity contribution in [1.29, 1.82) is 0 Å². The zero-order valence-electron chi connectivity index (χ0n) is 42.5. The van der Waals surface area contributed by atoms with Gasteiger partial charge < -0.3 is 50.6 Å². The molecule has 4 aliphatic heterocycles. The van der Waals surface area contributed by atoms with Crippen LogP contribution in [0.3, 0.4) is 0 Å². The number of ether oxygens (including phenoxy) is 2. The lowest BCUT2D eigenvalue weighted by molar-refractivity contribution is -0.173. The van der Waals surface area contributed by atoms with Crippen LogP contribution in [0.4, 0.5) is 4.39 Å². The summed E-state index contributed by atoms with van der Waals surface area (Å²) < 4.78 is 28.1. The van der Waals surface area contributed by atoms with Crippen LogP contribution in [0.1, 0.15) is 96.9 Å². The first kappa shape index (κ1) is 53.6. The van der Waals surface area contributed by atoms with E-state index in [2.05, 4.69) is 26.6 Å². The number of carbonyl (C=O) groups excluding carboxylic acids is 9. The average Bonchev–Trinajstić information content (AvgIpc) is 4.05. The number of nitrogens with one attached hydrogen (secondary N) is 5. The number of unbranched alkanes of at least 4 members (excludes halogenated alkanes) is 2. The molecule has 1 unspecified atom stereocenters. The summed E-state index contributed by atoms with van der Waals surface area (Å²) in [5, 5.41) is 24.8. The smallest absolute Gasteiger partial charge is 0.343 e. The quantitative estimate of drug-likeness (QED) is 0.0184. The van der Waals surface area contributed by atoms with Gasteiger partial charge in [0.25, 0.3) is 23.3 Å². The molecule has 6 heterocycles. The lowest BCUT2D eigenvalue weighted by Gasteiger charge is -2.45. The highest BCUT2D eigenvalue weighted by Crippen LogP contribution is 2.48. The van der Waals surface area contributed by atoms with Crippen molar-refractivity contribution < 1.29 is 62.1 Å². The van der Waals surface area contributed by atoms with E-state index in [0.717, 1.165) is 16.0 Å². The number of benzene rings is 2. The van der Waals surface area contributed by atoms with Gasteiger partial charge in [-0.1, -0.05) is 50.1 Å². The third-order valence-corrected chi connectivity index (χ3v) is 14.7. The Labute approximate surface area is 440 Å². The number of amides is 8. The van der Waals surface area contributed by atoms with Gasteiger partial charge in [0.15, 0.2) is 11.7 Å². The van der Waals surface area contributed by atoms with Crippen LogP contribution in [0.15, 0.2) is 59.4 Å². The lowest BCUT2D eigenvalue weighted by atomic mass is 9.80. The van der Waals surface area contributed by atoms with Gasteiger partial charge >= 0.3 is 5.97 Å². The van der Waals surface area contributed by atoms with E-state index >= 15 is 4.39 Å². The van der Waals surface area contributed by atoms with Crippen LogP contribution in [-0.2, 0) is 84.2 Å². The highest BCUT2D eigenvalue weighted by atomic mass is 19.1. The van der Waals surface area contributed by atoms with Crippen molar-refractivity contribution in [3.63, 3.8) is 0 Å².